The number of nitrogens with zero attached hydrogens (tertiary/aromatic N) is 2. The molecule has 0 fully saturated rings. The van der Waals surface area contributed by atoms with Gasteiger partial charge in [-0.15, -0.1) is 11.3 Å². The number of Topliss-reactive ketones (excluding diaryl/α,β-unsaturated/α-hetero) is 1. The molecule has 0 amide bonds. The fourth-order valence-corrected chi connectivity index (χ4v) is 3.45. The molecule has 2 heterocycles. The first-order valence-electron chi connectivity index (χ1n) is 6.40. The van der Waals surface area contributed by atoms with E-state index in [-0.39, 0.29) is 11.2 Å². The molecule has 0 atom stereocenters. The Kier molecular flexibility index (Phi) is 2.78. The lowest BCUT2D eigenvalue weighted by Gasteiger charge is -2.26. The van der Waals surface area contributed by atoms with Crippen LogP contribution >= 0.6 is 11.3 Å². The normalized spacial score (nSPS) is 17.3. The zero-order valence-corrected chi connectivity index (χ0v) is 12.2. The third kappa shape index (κ3) is 2.32. The standard InChI is InChI=1S/C15H16N2OS/c1-9-4-5-10(8-16-9)14-17-11-6-15(2,3)7-12(18)13(11)19-14/h4-5,8H,6-7H2,1-3H3. The Labute approximate surface area is 116 Å². The van der Waals surface area contributed by atoms with Crippen LogP contribution in [-0.4, -0.2) is 15.8 Å². The van der Waals surface area contributed by atoms with Crippen molar-refractivity contribution in [2.45, 2.75) is 33.6 Å². The van der Waals surface area contributed by atoms with E-state index in [1.165, 1.54) is 11.3 Å². The van der Waals surface area contributed by atoms with E-state index in [0.717, 1.165) is 33.3 Å². The molecule has 0 bridgehead atoms. The second kappa shape index (κ2) is 4.23. The van der Waals surface area contributed by atoms with E-state index in [4.69, 9.17) is 0 Å². The molecule has 2 aromatic heterocycles. The Bertz CT molecular complexity index is 641. The highest BCUT2D eigenvalue weighted by Crippen LogP contribution is 2.39. The van der Waals surface area contributed by atoms with Gasteiger partial charge in [0.1, 0.15) is 5.01 Å². The number of pyridine rings is 1. The molecule has 0 saturated heterocycles. The summed E-state index contributed by atoms with van der Waals surface area (Å²) in [5.74, 6) is 0.232. The molecule has 0 saturated carbocycles. The van der Waals surface area contributed by atoms with Crippen LogP contribution in [0.15, 0.2) is 18.3 Å². The average Bonchev–Trinajstić information content (AvgIpc) is 2.72. The number of hydrogen-bond donors (Lipinski definition) is 0. The fourth-order valence-electron chi connectivity index (χ4n) is 2.44. The highest BCUT2D eigenvalue weighted by Gasteiger charge is 2.33. The lowest BCUT2D eigenvalue weighted by molar-refractivity contribution is 0.0916. The van der Waals surface area contributed by atoms with Crippen molar-refractivity contribution in [1.82, 2.24) is 9.97 Å². The van der Waals surface area contributed by atoms with Crippen LogP contribution in [0.2, 0.25) is 0 Å². The van der Waals surface area contributed by atoms with E-state index < -0.39 is 0 Å². The minimum absolute atomic E-state index is 0.0287. The van der Waals surface area contributed by atoms with Crippen molar-refractivity contribution >= 4 is 17.1 Å². The zero-order chi connectivity index (χ0) is 13.6. The Balaban J connectivity index is 2.03. The first-order chi connectivity index (χ1) is 8.94. The van der Waals surface area contributed by atoms with Crippen LogP contribution in [0.1, 0.15) is 41.3 Å². The highest BCUT2D eigenvalue weighted by molar-refractivity contribution is 7.17. The van der Waals surface area contributed by atoms with Crippen LogP contribution in [0.4, 0.5) is 0 Å². The minimum Gasteiger partial charge on any atom is -0.293 e. The van der Waals surface area contributed by atoms with Gasteiger partial charge >= 0.3 is 0 Å². The van der Waals surface area contributed by atoms with Crippen LogP contribution < -0.4 is 0 Å². The van der Waals surface area contributed by atoms with Crippen molar-refractivity contribution in [2.24, 2.45) is 5.41 Å². The second-order valence-electron chi connectivity index (χ2n) is 5.92. The monoisotopic (exact) mass is 272 g/mol. The number of aryl methyl sites for hydroxylation is 1. The molecule has 0 unspecified atom stereocenters. The number of aromatic nitrogens is 2. The molecular formula is C15H16N2OS. The second-order valence-corrected chi connectivity index (χ2v) is 6.92. The van der Waals surface area contributed by atoms with E-state index in [9.17, 15) is 4.79 Å². The van der Waals surface area contributed by atoms with Gasteiger partial charge in [0.2, 0.25) is 0 Å². The highest BCUT2D eigenvalue weighted by atomic mass is 32.1. The molecule has 3 nitrogen and oxygen atoms in total. The first kappa shape index (κ1) is 12.5. The fraction of sp³-hybridized carbons (Fsp3) is 0.400. The Morgan fingerprint density at radius 1 is 1.26 bits per heavy atom. The van der Waals surface area contributed by atoms with Crippen molar-refractivity contribution in [3.8, 4) is 10.6 Å². The van der Waals surface area contributed by atoms with E-state index in [1.54, 1.807) is 0 Å². The van der Waals surface area contributed by atoms with Gasteiger partial charge < -0.3 is 0 Å². The minimum atomic E-state index is 0.0287. The SMILES string of the molecule is Cc1ccc(-c2nc3c(s2)C(=O)CC(C)(C)C3)cn1. The van der Waals surface area contributed by atoms with Crippen LogP contribution in [0, 0.1) is 12.3 Å². The van der Waals surface area contributed by atoms with Gasteiger partial charge in [0.25, 0.3) is 0 Å². The maximum atomic E-state index is 12.2. The van der Waals surface area contributed by atoms with Crippen LogP contribution in [0.3, 0.4) is 0 Å². The number of ketones is 1. The van der Waals surface area contributed by atoms with Crippen molar-refractivity contribution < 1.29 is 4.79 Å². The maximum Gasteiger partial charge on any atom is 0.175 e. The van der Waals surface area contributed by atoms with Gasteiger partial charge in [-0.05, 0) is 30.9 Å². The summed E-state index contributed by atoms with van der Waals surface area (Å²) in [6.07, 6.45) is 3.33. The number of hydrogen-bond acceptors (Lipinski definition) is 4. The van der Waals surface area contributed by atoms with E-state index in [0.29, 0.717) is 6.42 Å². The molecule has 0 aromatic carbocycles. The van der Waals surface area contributed by atoms with Gasteiger partial charge in [0, 0.05) is 23.9 Å². The molecule has 2 aromatic rings. The third-order valence-electron chi connectivity index (χ3n) is 3.39. The Morgan fingerprint density at radius 3 is 2.74 bits per heavy atom. The van der Waals surface area contributed by atoms with Crippen LogP contribution in [-0.2, 0) is 6.42 Å². The van der Waals surface area contributed by atoms with Gasteiger partial charge in [0.05, 0.1) is 10.6 Å². The Morgan fingerprint density at radius 2 is 2.05 bits per heavy atom. The number of carbonyl (C=O) groups excluding carboxylic acids is 1. The molecule has 98 valence electrons. The average molecular weight is 272 g/mol. The largest absolute Gasteiger partial charge is 0.293 e. The quantitative estimate of drug-likeness (QED) is 0.795. The van der Waals surface area contributed by atoms with Gasteiger partial charge in [-0.1, -0.05) is 13.8 Å². The summed E-state index contributed by atoms with van der Waals surface area (Å²) in [6.45, 7) is 6.21. The summed E-state index contributed by atoms with van der Waals surface area (Å²) in [6, 6.07) is 3.99. The summed E-state index contributed by atoms with van der Waals surface area (Å²) in [4.78, 5) is 21.9. The summed E-state index contributed by atoms with van der Waals surface area (Å²) >= 11 is 1.50. The number of fused-ring (bicyclic) bond motifs is 1. The van der Waals surface area contributed by atoms with Crippen molar-refractivity contribution in [3.63, 3.8) is 0 Å². The topological polar surface area (TPSA) is 42.9 Å². The summed E-state index contributed by atoms with van der Waals surface area (Å²) < 4.78 is 0. The smallest absolute Gasteiger partial charge is 0.175 e. The maximum absolute atomic E-state index is 12.2. The molecule has 1 aliphatic carbocycles. The first-order valence-corrected chi connectivity index (χ1v) is 7.22. The molecule has 0 aliphatic heterocycles. The number of carbonyl (C=O) groups is 1. The van der Waals surface area contributed by atoms with E-state index in [2.05, 4.69) is 23.8 Å². The molecule has 0 spiro atoms. The zero-order valence-electron chi connectivity index (χ0n) is 11.4. The predicted molar refractivity (Wildman–Crippen MR) is 76.5 cm³/mol. The summed E-state index contributed by atoms with van der Waals surface area (Å²) in [7, 11) is 0. The lowest BCUT2D eigenvalue weighted by atomic mass is 9.78. The molecule has 0 radical (unpaired) electrons. The van der Waals surface area contributed by atoms with Gasteiger partial charge in [-0.2, -0.15) is 0 Å². The van der Waals surface area contributed by atoms with Crippen molar-refractivity contribution in [1.29, 1.82) is 0 Å². The van der Waals surface area contributed by atoms with E-state index in [1.807, 2.05) is 25.3 Å². The third-order valence-corrected chi connectivity index (χ3v) is 4.58. The number of thiazole rings is 1. The Hall–Kier alpha value is -1.55. The van der Waals surface area contributed by atoms with Gasteiger partial charge in [-0.25, -0.2) is 4.98 Å². The molecule has 19 heavy (non-hydrogen) atoms. The molecule has 4 heteroatoms. The van der Waals surface area contributed by atoms with Crippen LogP contribution in [0.5, 0.6) is 0 Å². The van der Waals surface area contributed by atoms with Crippen LogP contribution in [0.25, 0.3) is 10.6 Å². The van der Waals surface area contributed by atoms with E-state index >= 15 is 0 Å². The summed E-state index contributed by atoms with van der Waals surface area (Å²) in [5, 5.41) is 0.906. The lowest BCUT2D eigenvalue weighted by Crippen LogP contribution is -2.25. The van der Waals surface area contributed by atoms with Gasteiger partial charge in [-0.3, -0.25) is 9.78 Å². The molecule has 3 rings (SSSR count). The summed E-state index contributed by atoms with van der Waals surface area (Å²) in [5.41, 5.74) is 2.97. The number of rotatable bonds is 1. The van der Waals surface area contributed by atoms with Crippen molar-refractivity contribution in [3.05, 3.63) is 34.6 Å². The molecule has 0 N–H and O–H groups in total. The predicted octanol–water partition coefficient (Wildman–Crippen LogP) is 3.67. The van der Waals surface area contributed by atoms with Gasteiger partial charge in [0.15, 0.2) is 5.78 Å². The molecular weight excluding hydrogens is 256 g/mol. The molecule has 1 aliphatic rings. The van der Waals surface area contributed by atoms with Crippen molar-refractivity contribution in [2.75, 3.05) is 0 Å².